The van der Waals surface area contributed by atoms with Crippen LogP contribution in [0.2, 0.25) is 5.02 Å². The second-order valence-electron chi connectivity index (χ2n) is 7.72. The average molecular weight is 390 g/mol. The van der Waals surface area contributed by atoms with Crippen LogP contribution in [0.15, 0.2) is 18.2 Å². The molecular formula is C19H23ClF3NO2. The molecule has 3 rings (SSSR count). The van der Waals surface area contributed by atoms with Crippen LogP contribution in [0.1, 0.15) is 50.5 Å². The quantitative estimate of drug-likeness (QED) is 0.730. The Hall–Kier alpha value is -1.43. The molecule has 1 spiro atoms. The zero-order valence-electron chi connectivity index (χ0n) is 14.5. The van der Waals surface area contributed by atoms with Crippen LogP contribution >= 0.6 is 11.6 Å². The predicted molar refractivity (Wildman–Crippen MR) is 94.5 cm³/mol. The Bertz CT molecular complexity index is 659. The summed E-state index contributed by atoms with van der Waals surface area (Å²) in [5.74, 6) is -0.472. The number of hydrogen-bond donors (Lipinski definition) is 1. The third-order valence-corrected chi connectivity index (χ3v) is 6.25. The molecule has 3 nitrogen and oxygen atoms in total. The van der Waals surface area contributed by atoms with Crippen LogP contribution in [0.4, 0.5) is 18.9 Å². The summed E-state index contributed by atoms with van der Waals surface area (Å²) < 4.78 is 39.0. The molecule has 1 aliphatic carbocycles. The molecule has 7 heteroatoms. The molecule has 1 aromatic rings. The zero-order chi connectivity index (χ0) is 18.9. The van der Waals surface area contributed by atoms with Gasteiger partial charge >= 0.3 is 12.1 Å². The van der Waals surface area contributed by atoms with Crippen molar-refractivity contribution in [1.82, 2.24) is 0 Å². The van der Waals surface area contributed by atoms with Crippen LogP contribution in [0.5, 0.6) is 0 Å². The van der Waals surface area contributed by atoms with Crippen molar-refractivity contribution in [3.05, 3.63) is 28.8 Å². The highest BCUT2D eigenvalue weighted by molar-refractivity contribution is 6.31. The maximum absolute atomic E-state index is 13.0. The molecule has 1 saturated heterocycles. The number of aliphatic carboxylic acids is 1. The number of alkyl halides is 3. The Morgan fingerprint density at radius 2 is 1.77 bits per heavy atom. The Balaban J connectivity index is 1.63. The molecule has 1 aliphatic heterocycles. The number of carboxylic acid groups (broad SMARTS) is 1. The van der Waals surface area contributed by atoms with Gasteiger partial charge in [-0.1, -0.05) is 11.6 Å². The van der Waals surface area contributed by atoms with Crippen molar-refractivity contribution in [2.24, 2.45) is 11.3 Å². The Kier molecular flexibility index (Phi) is 5.42. The number of halogens is 4. The summed E-state index contributed by atoms with van der Waals surface area (Å²) >= 11 is 5.90. The van der Waals surface area contributed by atoms with E-state index in [0.29, 0.717) is 18.8 Å². The van der Waals surface area contributed by atoms with Gasteiger partial charge < -0.3 is 10.0 Å². The Labute approximate surface area is 156 Å². The fourth-order valence-electron chi connectivity index (χ4n) is 4.40. The van der Waals surface area contributed by atoms with Crippen molar-refractivity contribution in [3.8, 4) is 0 Å². The third-order valence-electron chi connectivity index (χ3n) is 6.03. The fraction of sp³-hybridized carbons (Fsp3) is 0.632. The molecule has 0 amide bonds. The molecule has 1 aromatic carbocycles. The van der Waals surface area contributed by atoms with Crippen LogP contribution in [0, 0.1) is 11.3 Å². The summed E-state index contributed by atoms with van der Waals surface area (Å²) in [4.78, 5) is 12.8. The van der Waals surface area contributed by atoms with Crippen molar-refractivity contribution in [2.45, 2.75) is 51.1 Å². The minimum absolute atomic E-state index is 0.101. The lowest BCUT2D eigenvalue weighted by Gasteiger charge is -2.46. The van der Waals surface area contributed by atoms with E-state index in [0.717, 1.165) is 44.6 Å². The third kappa shape index (κ3) is 4.45. The molecule has 0 atom stereocenters. The van der Waals surface area contributed by atoms with Gasteiger partial charge in [0.2, 0.25) is 0 Å². The first kappa shape index (κ1) is 19.3. The number of carboxylic acids is 1. The molecule has 144 valence electrons. The van der Waals surface area contributed by atoms with Crippen molar-refractivity contribution in [3.63, 3.8) is 0 Å². The molecule has 2 fully saturated rings. The van der Waals surface area contributed by atoms with Crippen LogP contribution < -0.4 is 4.90 Å². The minimum Gasteiger partial charge on any atom is -0.481 e. The van der Waals surface area contributed by atoms with Crippen molar-refractivity contribution < 1.29 is 23.1 Å². The normalized spacial score (nSPS) is 21.2. The van der Waals surface area contributed by atoms with Gasteiger partial charge in [-0.3, -0.25) is 4.79 Å². The zero-order valence-corrected chi connectivity index (χ0v) is 15.2. The first-order valence-electron chi connectivity index (χ1n) is 9.01. The van der Waals surface area contributed by atoms with Crippen LogP contribution in [-0.4, -0.2) is 24.2 Å². The lowest BCUT2D eigenvalue weighted by Crippen LogP contribution is -2.42. The molecule has 26 heavy (non-hydrogen) atoms. The molecule has 1 saturated carbocycles. The van der Waals surface area contributed by atoms with Gasteiger partial charge in [0.25, 0.3) is 0 Å². The van der Waals surface area contributed by atoms with E-state index < -0.39 is 17.7 Å². The number of carbonyl (C=O) groups is 1. The van der Waals surface area contributed by atoms with Gasteiger partial charge in [-0.2, -0.15) is 13.2 Å². The number of nitrogens with zero attached hydrogens (tertiary/aromatic N) is 1. The molecule has 1 heterocycles. The van der Waals surface area contributed by atoms with Crippen LogP contribution in [0.3, 0.4) is 0 Å². The standard InChI is InChI=1S/C19H23ClF3NO2/c20-15-10-14(19(21,22)23)11-16(12-15)24-7-5-18(6-8-24)3-1-13(2-4-18)9-17(25)26/h10-13H,1-9H2,(H,25,26). The SMILES string of the molecule is O=C(O)CC1CCC2(CC1)CCN(c1cc(Cl)cc(C(F)(F)F)c1)CC2. The van der Waals surface area contributed by atoms with Gasteiger partial charge in [0, 0.05) is 30.2 Å². The summed E-state index contributed by atoms with van der Waals surface area (Å²) in [7, 11) is 0. The summed E-state index contributed by atoms with van der Waals surface area (Å²) in [6.07, 6.45) is 1.60. The van der Waals surface area contributed by atoms with Crippen molar-refractivity contribution >= 4 is 23.3 Å². The van der Waals surface area contributed by atoms with E-state index >= 15 is 0 Å². The molecule has 2 aliphatic rings. The van der Waals surface area contributed by atoms with E-state index in [2.05, 4.69) is 0 Å². The van der Waals surface area contributed by atoms with Gasteiger partial charge in [0.15, 0.2) is 0 Å². The largest absolute Gasteiger partial charge is 0.481 e. The Morgan fingerprint density at radius 3 is 2.31 bits per heavy atom. The van der Waals surface area contributed by atoms with E-state index in [1.807, 2.05) is 4.90 Å². The number of benzene rings is 1. The number of piperidine rings is 1. The topological polar surface area (TPSA) is 40.5 Å². The van der Waals surface area contributed by atoms with E-state index in [1.54, 1.807) is 6.07 Å². The lowest BCUT2D eigenvalue weighted by molar-refractivity contribution is -0.139. The van der Waals surface area contributed by atoms with E-state index in [9.17, 15) is 18.0 Å². The Morgan fingerprint density at radius 1 is 1.15 bits per heavy atom. The van der Waals surface area contributed by atoms with Gasteiger partial charge in [0.1, 0.15) is 0 Å². The second kappa shape index (κ2) is 7.29. The van der Waals surface area contributed by atoms with Crippen molar-refractivity contribution in [1.29, 1.82) is 0 Å². The highest BCUT2D eigenvalue weighted by Crippen LogP contribution is 2.47. The first-order valence-corrected chi connectivity index (χ1v) is 9.39. The summed E-state index contributed by atoms with van der Waals surface area (Å²) in [6.45, 7) is 1.42. The van der Waals surface area contributed by atoms with E-state index in [1.165, 1.54) is 6.07 Å². The second-order valence-corrected chi connectivity index (χ2v) is 8.16. The minimum atomic E-state index is -4.40. The lowest BCUT2D eigenvalue weighted by atomic mass is 9.65. The molecule has 0 unspecified atom stereocenters. The van der Waals surface area contributed by atoms with Gasteiger partial charge in [-0.15, -0.1) is 0 Å². The highest BCUT2D eigenvalue weighted by atomic mass is 35.5. The van der Waals surface area contributed by atoms with Crippen LogP contribution in [-0.2, 0) is 11.0 Å². The highest BCUT2D eigenvalue weighted by Gasteiger charge is 2.39. The summed E-state index contributed by atoms with van der Waals surface area (Å²) in [5.41, 5.74) is 0.0328. The molecule has 0 radical (unpaired) electrons. The van der Waals surface area contributed by atoms with Crippen molar-refractivity contribution in [2.75, 3.05) is 18.0 Å². The molecule has 0 bridgehead atoms. The van der Waals surface area contributed by atoms with Gasteiger partial charge in [0.05, 0.1) is 5.56 Å². The summed E-state index contributed by atoms with van der Waals surface area (Å²) in [5, 5.41) is 9.03. The van der Waals surface area contributed by atoms with Crippen LogP contribution in [0.25, 0.3) is 0 Å². The first-order chi connectivity index (χ1) is 12.2. The maximum Gasteiger partial charge on any atom is 0.416 e. The number of hydrogen-bond acceptors (Lipinski definition) is 2. The average Bonchev–Trinajstić information content (AvgIpc) is 2.56. The van der Waals surface area contributed by atoms with E-state index in [-0.39, 0.29) is 22.8 Å². The monoisotopic (exact) mass is 389 g/mol. The predicted octanol–water partition coefficient (Wildman–Crippen LogP) is 5.61. The van der Waals surface area contributed by atoms with Gasteiger partial charge in [-0.05, 0) is 68.1 Å². The molecule has 0 aromatic heterocycles. The number of rotatable bonds is 3. The molecule has 1 N–H and O–H groups in total. The number of anilines is 1. The molecular weight excluding hydrogens is 367 g/mol. The van der Waals surface area contributed by atoms with E-state index in [4.69, 9.17) is 16.7 Å². The maximum atomic E-state index is 13.0. The summed E-state index contributed by atoms with van der Waals surface area (Å²) in [6, 6.07) is 3.73. The van der Waals surface area contributed by atoms with Gasteiger partial charge in [-0.25, -0.2) is 0 Å². The smallest absolute Gasteiger partial charge is 0.416 e. The fourth-order valence-corrected chi connectivity index (χ4v) is 4.63.